The summed E-state index contributed by atoms with van der Waals surface area (Å²) in [5.41, 5.74) is 2.26. The molecule has 7 rings (SSSR count). The molecule has 1 fully saturated rings. The molecule has 4 nitrogen and oxygen atoms in total. The highest BCUT2D eigenvalue weighted by Gasteiger charge is 2.58. The summed E-state index contributed by atoms with van der Waals surface area (Å²) in [6.45, 7) is 7.89. The quantitative estimate of drug-likeness (QED) is 0.112. The van der Waals surface area contributed by atoms with Crippen LogP contribution in [0.25, 0.3) is 0 Å². The summed E-state index contributed by atoms with van der Waals surface area (Å²) in [5, 5.41) is 1.08. The van der Waals surface area contributed by atoms with E-state index < -0.39 is 42.9 Å². The largest absolute Gasteiger partial charge is 0.424 e. The lowest BCUT2D eigenvalue weighted by Gasteiger charge is -2.43. The van der Waals surface area contributed by atoms with Crippen LogP contribution in [0.4, 0.5) is 4.39 Å². The van der Waals surface area contributed by atoms with Crippen molar-refractivity contribution in [3.63, 3.8) is 0 Å². The van der Waals surface area contributed by atoms with E-state index in [0.717, 1.165) is 27.1 Å². The fraction of sp³-hybridized carbons (Fsp3) is 0.273. The molecule has 1 aliphatic carbocycles. The van der Waals surface area contributed by atoms with Crippen LogP contribution in [0.15, 0.2) is 163 Å². The van der Waals surface area contributed by atoms with Gasteiger partial charge in [0.05, 0.1) is 6.61 Å². The van der Waals surface area contributed by atoms with Crippen LogP contribution in [0.2, 0.25) is 5.04 Å². The van der Waals surface area contributed by atoms with Gasteiger partial charge in [0.2, 0.25) is 0 Å². The maximum absolute atomic E-state index is 17.3. The lowest BCUT2D eigenvalue weighted by molar-refractivity contribution is -0.151. The molecule has 50 heavy (non-hydrogen) atoms. The van der Waals surface area contributed by atoms with Crippen molar-refractivity contribution in [3.05, 3.63) is 180 Å². The molecular formula is C44H45FO4Si. The number of fused-ring (bicyclic) bond motifs is 1. The molecule has 6 heteroatoms. The number of hydrogen-bond acceptors (Lipinski definition) is 4. The summed E-state index contributed by atoms with van der Waals surface area (Å²) in [6.07, 6.45) is -0.835. The lowest BCUT2D eigenvalue weighted by atomic mass is 9.80. The molecular weight excluding hydrogens is 640 g/mol. The lowest BCUT2D eigenvalue weighted by Crippen LogP contribution is -2.65. The monoisotopic (exact) mass is 684 g/mol. The molecule has 5 aromatic rings. The summed E-state index contributed by atoms with van der Waals surface area (Å²) in [5.74, 6) is -1.82. The van der Waals surface area contributed by atoms with E-state index >= 15 is 4.39 Å². The third-order valence-electron chi connectivity index (χ3n) is 10.6. The summed E-state index contributed by atoms with van der Waals surface area (Å²) < 4.78 is 37.4. The van der Waals surface area contributed by atoms with E-state index in [1.807, 2.05) is 129 Å². The van der Waals surface area contributed by atoms with Gasteiger partial charge in [0, 0.05) is 11.5 Å². The van der Waals surface area contributed by atoms with Gasteiger partial charge in [0.25, 0.3) is 8.32 Å². The second-order valence-electron chi connectivity index (χ2n) is 14.6. The Kier molecular flexibility index (Phi) is 9.26. The Balaban J connectivity index is 1.30. The third kappa shape index (κ3) is 5.99. The van der Waals surface area contributed by atoms with Gasteiger partial charge in [-0.15, -0.1) is 0 Å². The Bertz CT molecular complexity index is 1780. The Labute approximate surface area is 296 Å². The number of hydrogen-bond donors (Lipinski definition) is 1. The van der Waals surface area contributed by atoms with Gasteiger partial charge in [-0.2, -0.15) is 0 Å². The second-order valence-corrected chi connectivity index (χ2v) is 18.5. The predicted octanol–water partition coefficient (Wildman–Crippen LogP) is 8.29. The maximum atomic E-state index is 17.3. The van der Waals surface area contributed by atoms with Gasteiger partial charge < -0.3 is 19.0 Å². The molecule has 0 amide bonds. The van der Waals surface area contributed by atoms with Gasteiger partial charge in [-0.25, -0.2) is 4.39 Å². The van der Waals surface area contributed by atoms with Crippen LogP contribution in [0, 0.1) is 5.92 Å². The molecule has 0 spiro atoms. The zero-order valence-electron chi connectivity index (χ0n) is 29.1. The predicted molar refractivity (Wildman–Crippen MR) is 199 cm³/mol. The van der Waals surface area contributed by atoms with Gasteiger partial charge >= 0.3 is 0 Å². The van der Waals surface area contributed by atoms with Crippen molar-refractivity contribution in [2.24, 2.45) is 5.92 Å². The average molecular weight is 685 g/mol. The Morgan fingerprint density at radius 2 is 1.06 bits per heavy atom. The van der Waals surface area contributed by atoms with Crippen molar-refractivity contribution < 1.29 is 23.4 Å². The highest BCUT2D eigenvalue weighted by Crippen LogP contribution is 2.53. The molecule has 5 aromatic carbocycles. The van der Waals surface area contributed by atoms with Crippen molar-refractivity contribution in [2.75, 3.05) is 6.61 Å². The molecule has 1 N–H and O–H groups in total. The minimum atomic E-state index is -3.43. The van der Waals surface area contributed by atoms with E-state index in [9.17, 15) is 4.80 Å². The maximum Gasteiger partial charge on any atom is 0.258 e. The van der Waals surface area contributed by atoms with Crippen molar-refractivity contribution in [2.45, 2.75) is 62.8 Å². The Morgan fingerprint density at radius 3 is 1.48 bits per heavy atom. The molecule has 0 bridgehead atoms. The summed E-state index contributed by atoms with van der Waals surface area (Å²) in [7, 11) is -3.43. The van der Waals surface area contributed by atoms with Gasteiger partial charge in [-0.1, -0.05) is 166 Å². The molecule has 0 radical (unpaired) electrons. The van der Waals surface area contributed by atoms with E-state index in [1.54, 1.807) is 0 Å². The van der Waals surface area contributed by atoms with Crippen LogP contribution in [-0.2, 0) is 19.8 Å². The zero-order valence-corrected chi connectivity index (χ0v) is 30.1. The van der Waals surface area contributed by atoms with Crippen molar-refractivity contribution in [1.29, 1.82) is 0 Å². The van der Waals surface area contributed by atoms with Crippen LogP contribution < -0.4 is 10.4 Å². The minimum Gasteiger partial charge on any atom is -0.424 e. The normalized spacial score (nSPS) is 20.6. The SMILES string of the molecule is CC1(C)O[C@@H]2[C@H](O1)C(COC(c1ccccc1)(c1ccccc1)c1ccccc1)=C(F)[C@@H]2CC(C)(C)[Si](O)(c1ccccc1)c1ccccc1. The fourth-order valence-corrected chi connectivity index (χ4v) is 11.9. The molecule has 256 valence electrons. The fourth-order valence-electron chi connectivity index (χ4n) is 8.19. The van der Waals surface area contributed by atoms with Gasteiger partial charge in [-0.05, 0) is 52.4 Å². The molecule has 0 aromatic heterocycles. The number of benzene rings is 5. The molecule has 0 unspecified atom stereocenters. The molecule has 3 atom stereocenters. The van der Waals surface area contributed by atoms with Crippen LogP contribution in [-0.4, -0.2) is 37.7 Å². The van der Waals surface area contributed by atoms with Gasteiger partial charge in [-0.3, -0.25) is 0 Å². The summed E-state index contributed by atoms with van der Waals surface area (Å²) >= 11 is 0. The van der Waals surface area contributed by atoms with Crippen LogP contribution in [0.1, 0.15) is 50.8 Å². The topological polar surface area (TPSA) is 47.9 Å². The van der Waals surface area contributed by atoms with E-state index in [0.29, 0.717) is 12.0 Å². The van der Waals surface area contributed by atoms with Crippen LogP contribution in [0.5, 0.6) is 0 Å². The van der Waals surface area contributed by atoms with Crippen molar-refractivity contribution >= 4 is 18.7 Å². The Hall–Kier alpha value is -4.17. The average Bonchev–Trinajstić information content (AvgIpc) is 3.58. The molecule has 1 saturated heterocycles. The summed E-state index contributed by atoms with van der Waals surface area (Å²) in [4.78, 5) is 12.9. The zero-order chi connectivity index (χ0) is 35.0. The standard InChI is InChI=1S/C44H45FO4Si/c1-42(2,50(46,35-26-16-8-17-27-35)36-28-18-9-19-29-36)30-37-39(45)38(41-40(37)48-43(3,4)49-41)31-47-44(32-20-10-5-11-21-32,33-22-12-6-13-23-33)34-24-14-7-15-25-34/h5-29,37,40-41,46H,30-31H2,1-4H3/t37-,40-,41+/m0/s1. The first-order chi connectivity index (χ1) is 24.1. The van der Waals surface area contributed by atoms with Gasteiger partial charge in [0.15, 0.2) is 5.79 Å². The second kappa shape index (κ2) is 13.5. The molecule has 2 aliphatic rings. The van der Waals surface area contributed by atoms with E-state index in [2.05, 4.69) is 50.2 Å². The Morgan fingerprint density at radius 1 is 0.660 bits per heavy atom. The first-order valence-corrected chi connectivity index (χ1v) is 19.4. The summed E-state index contributed by atoms with van der Waals surface area (Å²) in [6, 6.07) is 50.1. The van der Waals surface area contributed by atoms with Crippen molar-refractivity contribution in [3.8, 4) is 0 Å². The highest BCUT2D eigenvalue weighted by atomic mass is 28.4. The van der Waals surface area contributed by atoms with E-state index in [1.165, 1.54) is 0 Å². The first kappa shape index (κ1) is 34.3. The first-order valence-electron chi connectivity index (χ1n) is 17.4. The van der Waals surface area contributed by atoms with Gasteiger partial charge in [0.1, 0.15) is 23.6 Å². The molecule has 1 aliphatic heterocycles. The molecule has 0 saturated carbocycles. The number of halogens is 1. The smallest absolute Gasteiger partial charge is 0.258 e. The minimum absolute atomic E-state index is 0.0128. The van der Waals surface area contributed by atoms with E-state index in [4.69, 9.17) is 14.2 Å². The molecule has 1 heterocycles. The van der Waals surface area contributed by atoms with E-state index in [-0.39, 0.29) is 12.4 Å². The van der Waals surface area contributed by atoms with Crippen LogP contribution >= 0.6 is 0 Å². The number of rotatable bonds is 11. The third-order valence-corrected chi connectivity index (χ3v) is 15.1. The number of ether oxygens (including phenoxy) is 3. The van der Waals surface area contributed by atoms with Crippen molar-refractivity contribution in [1.82, 2.24) is 0 Å². The highest BCUT2D eigenvalue weighted by molar-refractivity contribution is 6.98. The van der Waals surface area contributed by atoms with Crippen LogP contribution in [0.3, 0.4) is 0 Å².